The van der Waals surface area contributed by atoms with Gasteiger partial charge in [0.05, 0.1) is 20.5 Å². The van der Waals surface area contributed by atoms with Gasteiger partial charge in [0, 0.05) is 12.1 Å². The van der Waals surface area contributed by atoms with Gasteiger partial charge in [0.1, 0.15) is 12.3 Å². The Morgan fingerprint density at radius 2 is 1.81 bits per heavy atom. The zero-order valence-electron chi connectivity index (χ0n) is 15.9. The van der Waals surface area contributed by atoms with Crippen LogP contribution in [0, 0.1) is 10.1 Å². The summed E-state index contributed by atoms with van der Waals surface area (Å²) in [6.07, 6.45) is -6.03. The van der Waals surface area contributed by atoms with Gasteiger partial charge in [-0.3, -0.25) is 19.7 Å². The number of nitro benzene ring substituents is 1. The number of carbonyl (C=O) groups excluding carboxylic acids is 1. The van der Waals surface area contributed by atoms with Crippen molar-refractivity contribution in [2.24, 2.45) is 0 Å². The lowest BCUT2D eigenvalue weighted by molar-refractivity contribution is -0.386. The van der Waals surface area contributed by atoms with E-state index in [4.69, 9.17) is 37.8 Å². The van der Waals surface area contributed by atoms with Crippen LogP contribution in [0.15, 0.2) is 30.3 Å². The molecule has 0 saturated heterocycles. The van der Waals surface area contributed by atoms with Gasteiger partial charge in [-0.2, -0.15) is 13.2 Å². The topological polar surface area (TPSA) is 128 Å². The maximum absolute atomic E-state index is 12.9. The van der Waals surface area contributed by atoms with Crippen LogP contribution in [-0.4, -0.2) is 34.6 Å². The number of ether oxygens (including phenoxy) is 2. The molecule has 0 aliphatic heterocycles. The van der Waals surface area contributed by atoms with Crippen molar-refractivity contribution >= 4 is 40.8 Å². The standard InChI is InChI=1S/C18H13Cl2F3N2O7/c1-8(17(28)24-7-15(26)27)31-14-6-10(2-3-13(14)25(29)30)32-16-11(19)4-9(5-12(16)20)18(21,22)23/h2-6,8H,7H2,1H3,(H,24,28)(H,26,27). The highest BCUT2D eigenvalue weighted by molar-refractivity contribution is 6.37. The first-order valence-corrected chi connectivity index (χ1v) is 9.24. The van der Waals surface area contributed by atoms with E-state index in [2.05, 4.69) is 0 Å². The maximum atomic E-state index is 12.9. The average molecular weight is 497 g/mol. The molecule has 0 aliphatic rings. The second-order valence-electron chi connectivity index (χ2n) is 6.13. The number of carboxylic acid groups (broad SMARTS) is 1. The van der Waals surface area contributed by atoms with Crippen LogP contribution in [0.2, 0.25) is 10.0 Å². The third-order valence-electron chi connectivity index (χ3n) is 3.76. The number of carbonyl (C=O) groups is 2. The van der Waals surface area contributed by atoms with E-state index >= 15 is 0 Å². The quantitative estimate of drug-likeness (QED) is 0.400. The normalized spacial score (nSPS) is 12.1. The second-order valence-corrected chi connectivity index (χ2v) is 6.94. The van der Waals surface area contributed by atoms with Crippen molar-refractivity contribution in [3.05, 3.63) is 56.1 Å². The molecule has 0 heterocycles. The molecular weight excluding hydrogens is 484 g/mol. The van der Waals surface area contributed by atoms with Crippen LogP contribution in [0.1, 0.15) is 12.5 Å². The van der Waals surface area contributed by atoms with Gasteiger partial charge in [-0.25, -0.2) is 0 Å². The molecule has 0 saturated carbocycles. The summed E-state index contributed by atoms with van der Waals surface area (Å²) < 4.78 is 49.2. The second kappa shape index (κ2) is 9.92. The molecule has 0 spiro atoms. The van der Waals surface area contributed by atoms with Gasteiger partial charge in [-0.15, -0.1) is 0 Å². The fraction of sp³-hybridized carbons (Fsp3) is 0.222. The minimum Gasteiger partial charge on any atom is -0.480 e. The van der Waals surface area contributed by atoms with Crippen LogP contribution in [-0.2, 0) is 15.8 Å². The van der Waals surface area contributed by atoms with Crippen molar-refractivity contribution in [2.45, 2.75) is 19.2 Å². The van der Waals surface area contributed by atoms with Crippen molar-refractivity contribution in [3.8, 4) is 17.2 Å². The van der Waals surface area contributed by atoms with Gasteiger partial charge in [-0.05, 0) is 25.1 Å². The highest BCUT2D eigenvalue weighted by Gasteiger charge is 2.32. The van der Waals surface area contributed by atoms with Crippen molar-refractivity contribution in [3.63, 3.8) is 0 Å². The summed E-state index contributed by atoms with van der Waals surface area (Å²) in [6, 6.07) is 4.28. The molecule has 0 radical (unpaired) electrons. The van der Waals surface area contributed by atoms with E-state index in [9.17, 15) is 32.9 Å². The fourth-order valence-corrected chi connectivity index (χ4v) is 2.86. The Morgan fingerprint density at radius 1 is 1.22 bits per heavy atom. The smallest absolute Gasteiger partial charge is 0.416 e. The molecule has 2 aromatic carbocycles. The van der Waals surface area contributed by atoms with Gasteiger partial charge >= 0.3 is 17.8 Å². The Labute approximate surface area is 187 Å². The van der Waals surface area contributed by atoms with Crippen molar-refractivity contribution in [1.29, 1.82) is 0 Å². The van der Waals surface area contributed by atoms with Gasteiger partial charge < -0.3 is 19.9 Å². The number of hydrogen-bond acceptors (Lipinski definition) is 6. The van der Waals surface area contributed by atoms with Gasteiger partial charge in [0.25, 0.3) is 5.91 Å². The Kier molecular flexibility index (Phi) is 7.75. The first kappa shape index (κ1) is 25.0. The number of hydrogen-bond donors (Lipinski definition) is 2. The molecule has 0 fully saturated rings. The van der Waals surface area contributed by atoms with Crippen LogP contribution in [0.25, 0.3) is 0 Å². The minimum absolute atomic E-state index is 0.146. The molecule has 2 N–H and O–H groups in total. The van der Waals surface area contributed by atoms with Gasteiger partial charge in [0.15, 0.2) is 11.9 Å². The molecule has 1 amide bonds. The molecule has 14 heteroatoms. The predicted molar refractivity (Wildman–Crippen MR) is 105 cm³/mol. The summed E-state index contributed by atoms with van der Waals surface area (Å²) in [7, 11) is 0. The third kappa shape index (κ3) is 6.37. The van der Waals surface area contributed by atoms with E-state index in [1.165, 1.54) is 6.92 Å². The number of nitrogens with zero attached hydrogens (tertiary/aromatic N) is 1. The van der Waals surface area contributed by atoms with Crippen molar-refractivity contribution in [1.82, 2.24) is 5.32 Å². The number of amides is 1. The number of benzene rings is 2. The summed E-state index contributed by atoms with van der Waals surface area (Å²) in [4.78, 5) is 32.9. The monoisotopic (exact) mass is 496 g/mol. The molecule has 2 aromatic rings. The lowest BCUT2D eigenvalue weighted by atomic mass is 10.2. The lowest BCUT2D eigenvalue weighted by Gasteiger charge is -2.16. The lowest BCUT2D eigenvalue weighted by Crippen LogP contribution is -2.39. The molecule has 9 nitrogen and oxygen atoms in total. The van der Waals surface area contributed by atoms with Crippen LogP contribution < -0.4 is 14.8 Å². The molecule has 0 bridgehead atoms. The van der Waals surface area contributed by atoms with Crippen LogP contribution >= 0.6 is 23.2 Å². The number of nitrogens with one attached hydrogen (secondary N) is 1. The van der Waals surface area contributed by atoms with E-state index in [1.807, 2.05) is 5.32 Å². The molecule has 0 aromatic heterocycles. The molecular formula is C18H13Cl2F3N2O7. The number of halogens is 5. The average Bonchev–Trinajstić information content (AvgIpc) is 2.67. The summed E-state index contributed by atoms with van der Waals surface area (Å²) >= 11 is 11.7. The first-order chi connectivity index (χ1) is 14.8. The Hall–Kier alpha value is -3.25. The summed E-state index contributed by atoms with van der Waals surface area (Å²) in [5.41, 5.74) is -1.66. The summed E-state index contributed by atoms with van der Waals surface area (Å²) in [5.74, 6) is -3.08. The predicted octanol–water partition coefficient (Wildman–Crippen LogP) is 4.68. The SMILES string of the molecule is CC(Oc1cc(Oc2c(Cl)cc(C(F)(F)F)cc2Cl)ccc1[N+](=O)[O-])C(=O)NCC(=O)O. The van der Waals surface area contributed by atoms with Crippen LogP contribution in [0.5, 0.6) is 17.2 Å². The summed E-state index contributed by atoms with van der Waals surface area (Å²) in [6.45, 7) is 0.529. The Morgan fingerprint density at radius 3 is 2.31 bits per heavy atom. The Bertz CT molecular complexity index is 1040. The van der Waals surface area contributed by atoms with Crippen molar-refractivity contribution in [2.75, 3.05) is 6.54 Å². The number of alkyl halides is 3. The minimum atomic E-state index is -4.70. The number of carboxylic acids is 1. The summed E-state index contributed by atoms with van der Waals surface area (Å²) in [5, 5.41) is 21.0. The molecule has 32 heavy (non-hydrogen) atoms. The van der Waals surface area contributed by atoms with Gasteiger partial charge in [0.2, 0.25) is 5.75 Å². The van der Waals surface area contributed by atoms with E-state index in [0.717, 1.165) is 18.2 Å². The number of rotatable bonds is 8. The zero-order valence-corrected chi connectivity index (χ0v) is 17.4. The molecule has 0 aliphatic carbocycles. The van der Waals surface area contributed by atoms with Crippen molar-refractivity contribution < 1.29 is 42.3 Å². The van der Waals surface area contributed by atoms with Crippen LogP contribution in [0.4, 0.5) is 18.9 Å². The largest absolute Gasteiger partial charge is 0.480 e. The van der Waals surface area contributed by atoms with Crippen LogP contribution in [0.3, 0.4) is 0 Å². The number of nitro groups is 1. The van der Waals surface area contributed by atoms with E-state index in [0.29, 0.717) is 12.1 Å². The molecule has 1 atom stereocenters. The van der Waals surface area contributed by atoms with Gasteiger partial charge in [-0.1, -0.05) is 23.2 Å². The molecule has 1 unspecified atom stereocenters. The van der Waals surface area contributed by atoms with E-state index < -0.39 is 62.7 Å². The maximum Gasteiger partial charge on any atom is 0.416 e. The first-order valence-electron chi connectivity index (χ1n) is 8.48. The fourth-order valence-electron chi connectivity index (χ4n) is 2.29. The Balaban J connectivity index is 2.33. The molecule has 2 rings (SSSR count). The van der Waals surface area contributed by atoms with E-state index in [1.54, 1.807) is 0 Å². The molecule has 172 valence electrons. The highest BCUT2D eigenvalue weighted by Crippen LogP contribution is 2.43. The highest BCUT2D eigenvalue weighted by atomic mass is 35.5. The van der Waals surface area contributed by atoms with E-state index in [-0.39, 0.29) is 11.5 Å². The third-order valence-corrected chi connectivity index (χ3v) is 4.32. The zero-order chi connectivity index (χ0) is 24.2. The number of aliphatic carboxylic acids is 1.